The summed E-state index contributed by atoms with van der Waals surface area (Å²) < 4.78 is 25.8. The Morgan fingerprint density at radius 3 is 2.61 bits per heavy atom. The number of pyridine rings is 1. The lowest BCUT2D eigenvalue weighted by Gasteiger charge is -2.15. The van der Waals surface area contributed by atoms with Gasteiger partial charge < -0.3 is 5.73 Å². The molecular formula is C12H19N3O2S. The summed E-state index contributed by atoms with van der Waals surface area (Å²) in [6, 6.07) is 3.64. The predicted octanol–water partition coefficient (Wildman–Crippen LogP) is 0.233. The van der Waals surface area contributed by atoms with Crippen molar-refractivity contribution in [2.45, 2.75) is 19.4 Å². The molecule has 1 saturated heterocycles. The normalized spacial score (nSPS) is 25.4. The van der Waals surface area contributed by atoms with Crippen molar-refractivity contribution in [2.75, 3.05) is 18.8 Å². The summed E-state index contributed by atoms with van der Waals surface area (Å²) in [5, 5.41) is 0. The van der Waals surface area contributed by atoms with E-state index in [-0.39, 0.29) is 17.7 Å². The SMILES string of the molecule is CC1CN(S(=O)(=O)CCc2ccncc2)CC1N. The molecule has 2 heterocycles. The minimum absolute atomic E-state index is 0.0410. The van der Waals surface area contributed by atoms with Crippen LogP contribution in [0.1, 0.15) is 12.5 Å². The number of hydrogen-bond donors (Lipinski definition) is 1. The highest BCUT2D eigenvalue weighted by molar-refractivity contribution is 7.89. The second kappa shape index (κ2) is 5.34. The van der Waals surface area contributed by atoms with Crippen LogP contribution in [0, 0.1) is 5.92 Å². The third kappa shape index (κ3) is 3.07. The van der Waals surface area contributed by atoms with E-state index >= 15 is 0 Å². The average Bonchev–Trinajstić information content (AvgIpc) is 2.70. The molecular weight excluding hydrogens is 250 g/mol. The van der Waals surface area contributed by atoms with Crippen LogP contribution in [-0.4, -0.2) is 42.6 Å². The first-order chi connectivity index (χ1) is 8.49. The minimum Gasteiger partial charge on any atom is -0.326 e. The van der Waals surface area contributed by atoms with Gasteiger partial charge in [0.15, 0.2) is 0 Å². The lowest BCUT2D eigenvalue weighted by Crippen LogP contribution is -2.34. The van der Waals surface area contributed by atoms with Crippen LogP contribution in [0.3, 0.4) is 0 Å². The molecule has 0 bridgehead atoms. The standard InChI is InChI=1S/C12H19N3O2S/c1-10-8-15(9-12(10)13)18(16,17)7-4-11-2-5-14-6-3-11/h2-3,5-6,10,12H,4,7-9,13H2,1H3. The van der Waals surface area contributed by atoms with E-state index in [9.17, 15) is 8.42 Å². The van der Waals surface area contributed by atoms with Gasteiger partial charge in [0.05, 0.1) is 5.75 Å². The van der Waals surface area contributed by atoms with Crippen molar-refractivity contribution in [3.05, 3.63) is 30.1 Å². The van der Waals surface area contributed by atoms with Gasteiger partial charge in [-0.25, -0.2) is 12.7 Å². The maximum Gasteiger partial charge on any atom is 0.214 e. The summed E-state index contributed by atoms with van der Waals surface area (Å²) in [6.45, 7) is 2.97. The first-order valence-electron chi connectivity index (χ1n) is 6.11. The van der Waals surface area contributed by atoms with Crippen LogP contribution in [-0.2, 0) is 16.4 Å². The summed E-state index contributed by atoms with van der Waals surface area (Å²) in [5.41, 5.74) is 6.85. The number of nitrogens with two attached hydrogens (primary N) is 1. The molecule has 2 rings (SSSR count). The Balaban J connectivity index is 1.96. The number of sulfonamides is 1. The smallest absolute Gasteiger partial charge is 0.214 e. The van der Waals surface area contributed by atoms with Gasteiger partial charge >= 0.3 is 0 Å². The molecule has 1 aromatic rings. The van der Waals surface area contributed by atoms with Crippen LogP contribution < -0.4 is 5.73 Å². The van der Waals surface area contributed by atoms with Crippen LogP contribution in [0.4, 0.5) is 0 Å². The zero-order valence-electron chi connectivity index (χ0n) is 10.5. The Morgan fingerprint density at radius 2 is 2.06 bits per heavy atom. The first kappa shape index (κ1) is 13.5. The van der Waals surface area contributed by atoms with Crippen LogP contribution >= 0.6 is 0 Å². The van der Waals surface area contributed by atoms with Crippen LogP contribution in [0.25, 0.3) is 0 Å². The fourth-order valence-corrected chi connectivity index (χ4v) is 3.71. The molecule has 100 valence electrons. The van der Waals surface area contributed by atoms with Crippen molar-refractivity contribution in [3.63, 3.8) is 0 Å². The summed E-state index contributed by atoms with van der Waals surface area (Å²) in [5.74, 6) is 0.372. The van der Waals surface area contributed by atoms with Crippen molar-refractivity contribution < 1.29 is 8.42 Å². The van der Waals surface area contributed by atoms with Crippen LogP contribution in [0.15, 0.2) is 24.5 Å². The van der Waals surface area contributed by atoms with Crippen molar-refractivity contribution in [2.24, 2.45) is 11.7 Å². The molecule has 2 atom stereocenters. The molecule has 6 heteroatoms. The van der Waals surface area contributed by atoms with E-state index in [4.69, 9.17) is 5.73 Å². The van der Waals surface area contributed by atoms with Gasteiger partial charge in [0.1, 0.15) is 0 Å². The molecule has 1 aliphatic heterocycles. The summed E-state index contributed by atoms with van der Waals surface area (Å²) in [4.78, 5) is 3.91. The van der Waals surface area contributed by atoms with Crippen molar-refractivity contribution >= 4 is 10.0 Å². The van der Waals surface area contributed by atoms with E-state index in [2.05, 4.69) is 4.98 Å². The highest BCUT2D eigenvalue weighted by Crippen LogP contribution is 2.18. The second-order valence-corrected chi connectivity index (χ2v) is 6.97. The van der Waals surface area contributed by atoms with Crippen molar-refractivity contribution in [1.82, 2.24) is 9.29 Å². The number of hydrogen-bond acceptors (Lipinski definition) is 4. The molecule has 0 radical (unpaired) electrons. The molecule has 0 saturated carbocycles. The Hall–Kier alpha value is -0.980. The van der Waals surface area contributed by atoms with Gasteiger partial charge in [-0.1, -0.05) is 6.92 Å². The zero-order chi connectivity index (χ0) is 13.2. The summed E-state index contributed by atoms with van der Waals surface area (Å²) in [7, 11) is -3.19. The molecule has 18 heavy (non-hydrogen) atoms. The summed E-state index contributed by atoms with van der Waals surface area (Å²) >= 11 is 0. The Morgan fingerprint density at radius 1 is 1.39 bits per heavy atom. The number of aromatic nitrogens is 1. The number of rotatable bonds is 4. The highest BCUT2D eigenvalue weighted by atomic mass is 32.2. The molecule has 0 spiro atoms. The quantitative estimate of drug-likeness (QED) is 0.849. The molecule has 1 fully saturated rings. The van der Waals surface area contributed by atoms with Gasteiger partial charge in [0.25, 0.3) is 0 Å². The zero-order valence-corrected chi connectivity index (χ0v) is 11.3. The van der Waals surface area contributed by atoms with Gasteiger partial charge in [-0.15, -0.1) is 0 Å². The largest absolute Gasteiger partial charge is 0.326 e. The first-order valence-corrected chi connectivity index (χ1v) is 7.72. The number of nitrogens with zero attached hydrogens (tertiary/aromatic N) is 2. The van der Waals surface area contributed by atoms with Crippen LogP contribution in [0.2, 0.25) is 0 Å². The third-order valence-corrected chi connectivity index (χ3v) is 5.23. The predicted molar refractivity (Wildman–Crippen MR) is 70.4 cm³/mol. The van der Waals surface area contributed by atoms with E-state index in [1.165, 1.54) is 4.31 Å². The lowest BCUT2D eigenvalue weighted by molar-refractivity contribution is 0.464. The Bertz CT molecular complexity index is 479. The monoisotopic (exact) mass is 269 g/mol. The molecule has 0 aromatic carbocycles. The third-order valence-electron chi connectivity index (χ3n) is 3.43. The lowest BCUT2D eigenvalue weighted by atomic mass is 10.1. The molecule has 2 N–H and O–H groups in total. The molecule has 0 amide bonds. The average molecular weight is 269 g/mol. The fraction of sp³-hybridized carbons (Fsp3) is 0.583. The van der Waals surface area contributed by atoms with Gasteiger partial charge in [0, 0.05) is 31.5 Å². The van der Waals surface area contributed by atoms with Gasteiger partial charge in [0.2, 0.25) is 10.0 Å². The van der Waals surface area contributed by atoms with Crippen LogP contribution in [0.5, 0.6) is 0 Å². The maximum atomic E-state index is 12.2. The van der Waals surface area contributed by atoms with Crippen molar-refractivity contribution in [3.8, 4) is 0 Å². The molecule has 5 nitrogen and oxygen atoms in total. The Labute approximate surface area is 108 Å². The van der Waals surface area contributed by atoms with Crippen molar-refractivity contribution in [1.29, 1.82) is 0 Å². The molecule has 0 aliphatic carbocycles. The Kier molecular flexibility index (Phi) is 3.99. The molecule has 1 aliphatic rings. The van der Waals surface area contributed by atoms with E-state index in [1.54, 1.807) is 12.4 Å². The topological polar surface area (TPSA) is 76.3 Å². The summed E-state index contributed by atoms with van der Waals surface area (Å²) in [6.07, 6.45) is 3.87. The second-order valence-electron chi connectivity index (χ2n) is 4.88. The molecule has 2 unspecified atom stereocenters. The van der Waals surface area contributed by atoms with E-state index in [1.807, 2.05) is 19.1 Å². The number of aryl methyl sites for hydroxylation is 1. The molecule has 1 aromatic heterocycles. The van der Waals surface area contributed by atoms with Gasteiger partial charge in [-0.2, -0.15) is 0 Å². The minimum atomic E-state index is -3.19. The van der Waals surface area contributed by atoms with E-state index in [0.717, 1.165) is 5.56 Å². The van der Waals surface area contributed by atoms with Gasteiger partial charge in [-0.3, -0.25) is 4.98 Å². The van der Waals surface area contributed by atoms with E-state index < -0.39 is 10.0 Å². The van der Waals surface area contributed by atoms with Gasteiger partial charge in [-0.05, 0) is 30.0 Å². The fourth-order valence-electron chi connectivity index (χ4n) is 2.10. The highest BCUT2D eigenvalue weighted by Gasteiger charge is 2.33. The maximum absolute atomic E-state index is 12.2. The van der Waals surface area contributed by atoms with E-state index in [0.29, 0.717) is 19.5 Å².